The van der Waals surface area contributed by atoms with Crippen molar-refractivity contribution in [3.63, 3.8) is 0 Å². The van der Waals surface area contributed by atoms with Gasteiger partial charge in [0.15, 0.2) is 0 Å². The average molecular weight is 218 g/mol. The number of ether oxygens (including phenoxy) is 3. The molecule has 3 fully saturated rings. The normalized spacial score (nSPS) is 53.8. The maximum Gasteiger partial charge on any atom is 0.250 e. The molecule has 3 aliphatic rings. The SMILES string of the molecule is OC(CC1CO1)C1(O)OC1(O)CC1CO1. The van der Waals surface area contributed by atoms with E-state index in [-0.39, 0.29) is 25.0 Å². The molecule has 0 bridgehead atoms. The zero-order valence-electron chi connectivity index (χ0n) is 8.13. The fourth-order valence-electron chi connectivity index (χ4n) is 1.86. The van der Waals surface area contributed by atoms with Gasteiger partial charge in [0.25, 0.3) is 5.79 Å². The molecule has 6 heteroatoms. The summed E-state index contributed by atoms with van der Waals surface area (Å²) in [7, 11) is 0. The first-order valence-electron chi connectivity index (χ1n) is 5.10. The van der Waals surface area contributed by atoms with Gasteiger partial charge in [0.1, 0.15) is 6.10 Å². The Bertz CT molecular complexity index is 276. The van der Waals surface area contributed by atoms with Gasteiger partial charge in [-0.05, 0) is 0 Å². The molecule has 5 unspecified atom stereocenters. The number of epoxide rings is 3. The van der Waals surface area contributed by atoms with Crippen LogP contribution in [0, 0.1) is 0 Å². The lowest BCUT2D eigenvalue weighted by Crippen LogP contribution is -2.39. The second-order valence-electron chi connectivity index (χ2n) is 4.45. The van der Waals surface area contributed by atoms with E-state index in [1.165, 1.54) is 0 Å². The van der Waals surface area contributed by atoms with Gasteiger partial charge in [-0.25, -0.2) is 0 Å². The first kappa shape index (κ1) is 9.95. The fourth-order valence-corrected chi connectivity index (χ4v) is 1.86. The van der Waals surface area contributed by atoms with Crippen molar-refractivity contribution in [2.24, 2.45) is 0 Å². The Morgan fingerprint density at radius 1 is 1.20 bits per heavy atom. The lowest BCUT2D eigenvalue weighted by Gasteiger charge is -2.15. The van der Waals surface area contributed by atoms with E-state index in [1.54, 1.807) is 0 Å². The number of rotatable bonds is 5. The van der Waals surface area contributed by atoms with Gasteiger partial charge < -0.3 is 29.5 Å². The van der Waals surface area contributed by atoms with E-state index >= 15 is 0 Å². The summed E-state index contributed by atoms with van der Waals surface area (Å²) in [5.41, 5.74) is 0. The Morgan fingerprint density at radius 2 is 1.80 bits per heavy atom. The van der Waals surface area contributed by atoms with E-state index in [9.17, 15) is 15.3 Å². The van der Waals surface area contributed by atoms with Gasteiger partial charge in [-0.3, -0.25) is 0 Å². The Morgan fingerprint density at radius 3 is 2.33 bits per heavy atom. The molecule has 6 nitrogen and oxygen atoms in total. The lowest BCUT2D eigenvalue weighted by atomic mass is 10.0. The summed E-state index contributed by atoms with van der Waals surface area (Å²) in [5.74, 6) is -3.49. The molecule has 3 rings (SSSR count). The topological polar surface area (TPSA) is 98.3 Å². The van der Waals surface area contributed by atoms with E-state index in [1.807, 2.05) is 0 Å². The molecule has 0 spiro atoms. The van der Waals surface area contributed by atoms with Crippen LogP contribution < -0.4 is 0 Å². The van der Waals surface area contributed by atoms with E-state index in [4.69, 9.17) is 14.2 Å². The monoisotopic (exact) mass is 218 g/mol. The van der Waals surface area contributed by atoms with E-state index in [0.717, 1.165) is 0 Å². The fraction of sp³-hybridized carbons (Fsp3) is 1.00. The van der Waals surface area contributed by atoms with Crippen LogP contribution in [0.5, 0.6) is 0 Å². The molecule has 0 saturated carbocycles. The van der Waals surface area contributed by atoms with Gasteiger partial charge in [-0.1, -0.05) is 0 Å². The molecule has 86 valence electrons. The van der Waals surface area contributed by atoms with E-state index < -0.39 is 17.7 Å². The first-order chi connectivity index (χ1) is 7.03. The molecule has 3 aliphatic heterocycles. The summed E-state index contributed by atoms with van der Waals surface area (Å²) >= 11 is 0. The van der Waals surface area contributed by atoms with Gasteiger partial charge in [0, 0.05) is 12.8 Å². The van der Waals surface area contributed by atoms with Crippen molar-refractivity contribution in [1.82, 2.24) is 0 Å². The van der Waals surface area contributed by atoms with Crippen LogP contribution in [0.25, 0.3) is 0 Å². The number of hydrogen-bond acceptors (Lipinski definition) is 6. The summed E-state index contributed by atoms with van der Waals surface area (Å²) in [4.78, 5) is 0. The predicted molar refractivity (Wildman–Crippen MR) is 45.7 cm³/mol. The number of aliphatic hydroxyl groups excluding tert-OH is 1. The summed E-state index contributed by atoms with van der Waals surface area (Å²) < 4.78 is 14.7. The van der Waals surface area contributed by atoms with Crippen molar-refractivity contribution in [1.29, 1.82) is 0 Å². The van der Waals surface area contributed by atoms with Crippen LogP contribution in [0.2, 0.25) is 0 Å². The third kappa shape index (κ3) is 1.67. The smallest absolute Gasteiger partial charge is 0.250 e. The summed E-state index contributed by atoms with van der Waals surface area (Å²) in [6, 6.07) is 0. The van der Waals surface area contributed by atoms with Crippen LogP contribution in [0.4, 0.5) is 0 Å². The molecule has 0 aliphatic carbocycles. The number of aliphatic hydroxyl groups is 3. The maximum atomic E-state index is 9.84. The molecule has 3 heterocycles. The molecule has 5 atom stereocenters. The van der Waals surface area contributed by atoms with Crippen molar-refractivity contribution in [2.45, 2.75) is 42.7 Å². The number of hydrogen-bond donors (Lipinski definition) is 3. The highest BCUT2D eigenvalue weighted by Crippen LogP contribution is 2.51. The summed E-state index contributed by atoms with van der Waals surface area (Å²) in [6.45, 7) is 1.17. The largest absolute Gasteiger partial charge is 0.387 e. The molecule has 0 aromatic carbocycles. The molecule has 0 amide bonds. The van der Waals surface area contributed by atoms with Crippen LogP contribution >= 0.6 is 0 Å². The predicted octanol–water partition coefficient (Wildman–Crippen LogP) is -1.67. The van der Waals surface area contributed by atoms with Crippen LogP contribution in [0.3, 0.4) is 0 Å². The van der Waals surface area contributed by atoms with Gasteiger partial charge in [0.05, 0.1) is 25.4 Å². The molecule has 0 aromatic rings. The minimum absolute atomic E-state index is 0.0188. The summed E-state index contributed by atoms with van der Waals surface area (Å²) in [6.07, 6.45) is -0.715. The highest BCUT2D eigenvalue weighted by molar-refractivity contribution is 5.07. The minimum atomic E-state index is -1.84. The molecule has 3 N–H and O–H groups in total. The van der Waals surface area contributed by atoms with Gasteiger partial charge in [-0.2, -0.15) is 0 Å². The van der Waals surface area contributed by atoms with Gasteiger partial charge in [0.2, 0.25) is 5.79 Å². The second kappa shape index (κ2) is 2.91. The Labute approximate surface area is 86.4 Å². The third-order valence-electron chi connectivity index (χ3n) is 3.09. The Balaban J connectivity index is 1.59. The van der Waals surface area contributed by atoms with Gasteiger partial charge >= 0.3 is 0 Å². The molecular weight excluding hydrogens is 204 g/mol. The van der Waals surface area contributed by atoms with E-state index in [0.29, 0.717) is 13.2 Å². The van der Waals surface area contributed by atoms with Crippen LogP contribution in [0.1, 0.15) is 12.8 Å². The standard InChI is InChI=1S/C9H14O6/c10-7(1-5-3-13-5)9(12)8(11,15-9)2-6-4-14-6/h5-7,10-12H,1-4H2. The highest BCUT2D eigenvalue weighted by atomic mass is 16.8. The lowest BCUT2D eigenvalue weighted by molar-refractivity contribution is -0.0854. The first-order valence-corrected chi connectivity index (χ1v) is 5.10. The molecular formula is C9H14O6. The van der Waals surface area contributed by atoms with E-state index in [2.05, 4.69) is 0 Å². The van der Waals surface area contributed by atoms with Crippen molar-refractivity contribution in [3.05, 3.63) is 0 Å². The Hall–Kier alpha value is -0.240. The molecule has 15 heavy (non-hydrogen) atoms. The molecule has 0 radical (unpaired) electrons. The highest BCUT2D eigenvalue weighted by Gasteiger charge is 2.74. The zero-order chi connectivity index (χ0) is 10.7. The zero-order valence-corrected chi connectivity index (χ0v) is 8.13. The van der Waals surface area contributed by atoms with Crippen molar-refractivity contribution in [2.75, 3.05) is 13.2 Å². The van der Waals surface area contributed by atoms with Crippen LogP contribution in [0.15, 0.2) is 0 Å². The third-order valence-corrected chi connectivity index (χ3v) is 3.09. The quantitative estimate of drug-likeness (QED) is 0.477. The van der Waals surface area contributed by atoms with Crippen molar-refractivity contribution < 1.29 is 29.5 Å². The maximum absolute atomic E-state index is 9.84. The average Bonchev–Trinajstić information content (AvgIpc) is 2.94. The molecule has 0 aromatic heterocycles. The van der Waals surface area contributed by atoms with Crippen molar-refractivity contribution >= 4 is 0 Å². The molecule has 3 saturated heterocycles. The second-order valence-corrected chi connectivity index (χ2v) is 4.45. The summed E-state index contributed by atoms with van der Waals surface area (Å²) in [5, 5.41) is 29.3. The van der Waals surface area contributed by atoms with Crippen LogP contribution in [-0.2, 0) is 14.2 Å². The minimum Gasteiger partial charge on any atom is -0.387 e. The van der Waals surface area contributed by atoms with Crippen molar-refractivity contribution in [3.8, 4) is 0 Å². The Kier molecular flexibility index (Phi) is 1.93. The van der Waals surface area contributed by atoms with Gasteiger partial charge in [-0.15, -0.1) is 0 Å². The van der Waals surface area contributed by atoms with Crippen LogP contribution in [-0.4, -0.2) is 58.4 Å².